The standard InChI is InChI=1S/C17H24N4O.HI/c1-2-18-17(19-11-13-8-9-13)20-14-10-16(22)21(12-14)15-6-4-3-5-7-15;/h3-7,13-14H,2,8-12H2,1H3,(H2,18,19,20);1H. The van der Waals surface area contributed by atoms with Crippen LogP contribution >= 0.6 is 24.0 Å². The van der Waals surface area contributed by atoms with Gasteiger partial charge in [0.1, 0.15) is 0 Å². The Kier molecular flexibility index (Phi) is 6.68. The minimum absolute atomic E-state index is 0. The van der Waals surface area contributed by atoms with Crippen LogP contribution < -0.4 is 15.5 Å². The van der Waals surface area contributed by atoms with E-state index in [4.69, 9.17) is 0 Å². The number of para-hydroxylation sites is 1. The summed E-state index contributed by atoms with van der Waals surface area (Å²) in [6.45, 7) is 4.47. The summed E-state index contributed by atoms with van der Waals surface area (Å²) in [6, 6.07) is 9.96. The lowest BCUT2D eigenvalue weighted by atomic mass is 10.2. The predicted octanol–water partition coefficient (Wildman–Crippen LogP) is 2.38. The van der Waals surface area contributed by atoms with Crippen molar-refractivity contribution in [3.63, 3.8) is 0 Å². The van der Waals surface area contributed by atoms with Crippen LogP contribution in [-0.4, -0.2) is 37.5 Å². The zero-order valence-electron chi connectivity index (χ0n) is 13.5. The Bertz CT molecular complexity index is 545. The molecule has 1 saturated heterocycles. The van der Waals surface area contributed by atoms with Crippen molar-refractivity contribution in [2.45, 2.75) is 32.2 Å². The number of aliphatic imine (C=N–C) groups is 1. The van der Waals surface area contributed by atoms with E-state index in [-0.39, 0.29) is 35.9 Å². The molecule has 0 radical (unpaired) electrons. The fraction of sp³-hybridized carbons (Fsp3) is 0.529. The molecule has 3 rings (SSSR count). The van der Waals surface area contributed by atoms with Gasteiger partial charge in [0.25, 0.3) is 0 Å². The number of amides is 1. The summed E-state index contributed by atoms with van der Waals surface area (Å²) in [5, 5.41) is 6.68. The Morgan fingerprint density at radius 2 is 2.04 bits per heavy atom. The number of halogens is 1. The molecule has 2 N–H and O–H groups in total. The van der Waals surface area contributed by atoms with Gasteiger partial charge in [0.15, 0.2) is 5.96 Å². The Hall–Kier alpha value is -1.31. The van der Waals surface area contributed by atoms with E-state index in [1.165, 1.54) is 12.8 Å². The third-order valence-corrected chi connectivity index (χ3v) is 4.08. The van der Waals surface area contributed by atoms with E-state index < -0.39 is 0 Å². The quantitative estimate of drug-likeness (QED) is 0.430. The molecule has 1 aromatic carbocycles. The number of hydrogen-bond donors (Lipinski definition) is 2. The Balaban J connectivity index is 0.00000192. The molecule has 126 valence electrons. The summed E-state index contributed by atoms with van der Waals surface area (Å²) >= 11 is 0. The summed E-state index contributed by atoms with van der Waals surface area (Å²) in [4.78, 5) is 18.7. The lowest BCUT2D eigenvalue weighted by Gasteiger charge is -2.19. The first-order valence-corrected chi connectivity index (χ1v) is 8.16. The van der Waals surface area contributed by atoms with E-state index in [1.54, 1.807) is 0 Å². The molecule has 1 saturated carbocycles. The third-order valence-electron chi connectivity index (χ3n) is 4.08. The van der Waals surface area contributed by atoms with Gasteiger partial charge in [-0.05, 0) is 37.8 Å². The molecular weight excluding hydrogens is 403 g/mol. The van der Waals surface area contributed by atoms with E-state index in [1.807, 2.05) is 35.2 Å². The van der Waals surface area contributed by atoms with Crippen LogP contribution in [0, 0.1) is 5.92 Å². The molecule has 0 aromatic heterocycles. The second-order valence-electron chi connectivity index (χ2n) is 6.05. The van der Waals surface area contributed by atoms with Gasteiger partial charge in [0.05, 0.1) is 6.04 Å². The highest BCUT2D eigenvalue weighted by Gasteiger charge is 2.31. The number of nitrogens with zero attached hydrogens (tertiary/aromatic N) is 2. The largest absolute Gasteiger partial charge is 0.357 e. The topological polar surface area (TPSA) is 56.7 Å². The maximum atomic E-state index is 12.2. The molecule has 23 heavy (non-hydrogen) atoms. The number of anilines is 1. The van der Waals surface area contributed by atoms with Crippen molar-refractivity contribution in [3.8, 4) is 0 Å². The lowest BCUT2D eigenvalue weighted by Crippen LogP contribution is -2.44. The van der Waals surface area contributed by atoms with Gasteiger partial charge >= 0.3 is 0 Å². The molecule has 1 aromatic rings. The van der Waals surface area contributed by atoms with Gasteiger partial charge in [0.2, 0.25) is 5.91 Å². The average Bonchev–Trinajstić information content (AvgIpc) is 3.29. The fourth-order valence-electron chi connectivity index (χ4n) is 2.70. The van der Waals surface area contributed by atoms with E-state index in [0.717, 1.165) is 30.7 Å². The molecule has 0 spiro atoms. The van der Waals surface area contributed by atoms with Crippen molar-refractivity contribution in [1.29, 1.82) is 0 Å². The van der Waals surface area contributed by atoms with Gasteiger partial charge in [-0.3, -0.25) is 9.79 Å². The molecule has 5 nitrogen and oxygen atoms in total. The zero-order chi connectivity index (χ0) is 15.4. The molecule has 0 bridgehead atoms. The van der Waals surface area contributed by atoms with Gasteiger partial charge in [-0.15, -0.1) is 24.0 Å². The summed E-state index contributed by atoms with van der Waals surface area (Å²) in [7, 11) is 0. The van der Waals surface area contributed by atoms with E-state index in [9.17, 15) is 4.79 Å². The lowest BCUT2D eigenvalue weighted by molar-refractivity contribution is -0.117. The zero-order valence-corrected chi connectivity index (χ0v) is 15.8. The van der Waals surface area contributed by atoms with Gasteiger partial charge < -0.3 is 15.5 Å². The number of nitrogens with one attached hydrogen (secondary N) is 2. The number of rotatable bonds is 5. The molecule has 2 aliphatic rings. The number of hydrogen-bond acceptors (Lipinski definition) is 2. The van der Waals surface area contributed by atoms with Crippen molar-refractivity contribution in [2.24, 2.45) is 10.9 Å². The second kappa shape index (κ2) is 8.52. The Morgan fingerprint density at radius 3 is 2.70 bits per heavy atom. The summed E-state index contributed by atoms with van der Waals surface area (Å²) in [6.07, 6.45) is 3.11. The smallest absolute Gasteiger partial charge is 0.229 e. The normalized spacial score (nSPS) is 21.1. The first-order valence-electron chi connectivity index (χ1n) is 8.16. The summed E-state index contributed by atoms with van der Waals surface area (Å²) in [5.74, 6) is 1.77. The first-order chi connectivity index (χ1) is 10.8. The van der Waals surface area contributed by atoms with Crippen LogP contribution in [0.5, 0.6) is 0 Å². The minimum atomic E-state index is 0. The highest BCUT2D eigenvalue weighted by Crippen LogP contribution is 2.28. The predicted molar refractivity (Wildman–Crippen MR) is 104 cm³/mol. The Labute approximate surface area is 154 Å². The summed E-state index contributed by atoms with van der Waals surface area (Å²) < 4.78 is 0. The molecule has 6 heteroatoms. The highest BCUT2D eigenvalue weighted by molar-refractivity contribution is 14.0. The van der Waals surface area contributed by atoms with Crippen molar-refractivity contribution >= 4 is 41.5 Å². The number of guanidine groups is 1. The SMILES string of the molecule is CCNC(=NCC1CC1)NC1CC(=O)N(c2ccccc2)C1.I. The molecule has 2 fully saturated rings. The highest BCUT2D eigenvalue weighted by atomic mass is 127. The van der Waals surface area contributed by atoms with E-state index >= 15 is 0 Å². The first kappa shape index (κ1) is 18.0. The van der Waals surface area contributed by atoms with Crippen LogP contribution in [0.1, 0.15) is 26.2 Å². The monoisotopic (exact) mass is 428 g/mol. The van der Waals surface area contributed by atoms with Crippen LogP contribution in [0.4, 0.5) is 5.69 Å². The van der Waals surface area contributed by atoms with Crippen LogP contribution in [-0.2, 0) is 4.79 Å². The van der Waals surface area contributed by atoms with Gasteiger partial charge in [0, 0.05) is 31.7 Å². The van der Waals surface area contributed by atoms with Gasteiger partial charge in [-0.25, -0.2) is 0 Å². The molecule has 1 unspecified atom stereocenters. The molecular formula is C17H25IN4O. The third kappa shape index (κ3) is 5.09. The van der Waals surface area contributed by atoms with E-state index in [2.05, 4.69) is 22.5 Å². The second-order valence-corrected chi connectivity index (χ2v) is 6.05. The number of benzene rings is 1. The van der Waals surface area contributed by atoms with Crippen LogP contribution in [0.2, 0.25) is 0 Å². The molecule has 1 aliphatic carbocycles. The summed E-state index contributed by atoms with van der Waals surface area (Å²) in [5.41, 5.74) is 0.969. The molecule has 1 amide bonds. The van der Waals surface area contributed by atoms with Crippen molar-refractivity contribution in [2.75, 3.05) is 24.5 Å². The molecule has 1 aliphatic heterocycles. The number of carbonyl (C=O) groups excluding carboxylic acids is 1. The van der Waals surface area contributed by atoms with Crippen molar-refractivity contribution < 1.29 is 4.79 Å². The fourth-order valence-corrected chi connectivity index (χ4v) is 2.70. The van der Waals surface area contributed by atoms with Crippen LogP contribution in [0.25, 0.3) is 0 Å². The van der Waals surface area contributed by atoms with Crippen LogP contribution in [0.15, 0.2) is 35.3 Å². The Morgan fingerprint density at radius 1 is 1.30 bits per heavy atom. The van der Waals surface area contributed by atoms with Crippen LogP contribution in [0.3, 0.4) is 0 Å². The van der Waals surface area contributed by atoms with Gasteiger partial charge in [-0.2, -0.15) is 0 Å². The van der Waals surface area contributed by atoms with Gasteiger partial charge in [-0.1, -0.05) is 18.2 Å². The van der Waals surface area contributed by atoms with E-state index in [0.29, 0.717) is 13.0 Å². The molecule has 1 heterocycles. The maximum Gasteiger partial charge on any atom is 0.229 e. The number of carbonyl (C=O) groups is 1. The molecule has 1 atom stereocenters. The average molecular weight is 428 g/mol. The maximum absolute atomic E-state index is 12.2. The van der Waals surface area contributed by atoms with Crippen molar-refractivity contribution in [1.82, 2.24) is 10.6 Å². The minimum Gasteiger partial charge on any atom is -0.357 e. The van der Waals surface area contributed by atoms with Crippen molar-refractivity contribution in [3.05, 3.63) is 30.3 Å².